The van der Waals surface area contributed by atoms with Gasteiger partial charge in [-0.05, 0) is 101 Å². The molecule has 13 heteroatoms. The van der Waals surface area contributed by atoms with Crippen LogP contribution in [0.4, 0.5) is 26.3 Å². The van der Waals surface area contributed by atoms with E-state index in [1.807, 2.05) is 42.5 Å². The van der Waals surface area contributed by atoms with Gasteiger partial charge in [0.1, 0.15) is 17.7 Å². The standard InChI is InChI=1S/C44H44F6N2O5/c1-5-52(26-32-24-34(44(48,49)50)14-16-36(32)38-20-30(22-42(53)54)12-18-40(38)56-4)25-31-23-33(43(45,46)47)13-15-35(31)37-19-29(11-17-39(37)55-3)21-41(51-2)57-27-28-9-7-6-8-10-28/h6-20,23-24,41,51H,5,21-22,25-27H2,1-4H3,(H,53,54). The van der Waals surface area contributed by atoms with Gasteiger partial charge in [-0.25, -0.2) is 0 Å². The third-order valence-electron chi connectivity index (χ3n) is 9.60. The van der Waals surface area contributed by atoms with Gasteiger partial charge < -0.3 is 19.3 Å². The lowest BCUT2D eigenvalue weighted by atomic mass is 9.93. The number of nitrogens with zero attached hydrogens (tertiary/aromatic N) is 1. The molecule has 2 N–H and O–H groups in total. The molecule has 0 radical (unpaired) electrons. The molecule has 57 heavy (non-hydrogen) atoms. The van der Waals surface area contributed by atoms with Gasteiger partial charge in [-0.3, -0.25) is 15.0 Å². The number of nitrogens with one attached hydrogen (secondary N) is 1. The number of carbonyl (C=O) groups is 1. The van der Waals surface area contributed by atoms with Crippen molar-refractivity contribution in [3.63, 3.8) is 0 Å². The van der Waals surface area contributed by atoms with Crippen LogP contribution in [0.25, 0.3) is 22.3 Å². The second-order valence-corrected chi connectivity index (χ2v) is 13.5. The Balaban J connectivity index is 1.55. The zero-order chi connectivity index (χ0) is 41.3. The number of carboxylic acid groups (broad SMARTS) is 1. The Bertz CT molecular complexity index is 2140. The largest absolute Gasteiger partial charge is 0.496 e. The number of likely N-dealkylation sites (N-methyl/N-ethyl adjacent to an activating group) is 1. The van der Waals surface area contributed by atoms with Crippen LogP contribution < -0.4 is 14.8 Å². The summed E-state index contributed by atoms with van der Waals surface area (Å²) in [5.41, 5.74) is 2.67. The molecule has 0 aliphatic carbocycles. The van der Waals surface area contributed by atoms with Crippen molar-refractivity contribution in [1.82, 2.24) is 10.2 Å². The van der Waals surface area contributed by atoms with Crippen molar-refractivity contribution < 1.29 is 50.5 Å². The van der Waals surface area contributed by atoms with E-state index in [2.05, 4.69) is 5.32 Å². The number of halogens is 6. The number of hydrogen-bond acceptors (Lipinski definition) is 6. The normalized spacial score (nSPS) is 12.5. The zero-order valence-electron chi connectivity index (χ0n) is 31.9. The van der Waals surface area contributed by atoms with Crippen molar-refractivity contribution in [2.75, 3.05) is 27.8 Å². The third-order valence-corrected chi connectivity index (χ3v) is 9.60. The van der Waals surface area contributed by atoms with Crippen LogP contribution in [0.1, 0.15) is 45.9 Å². The first-order valence-electron chi connectivity index (χ1n) is 18.1. The molecule has 0 aliphatic rings. The summed E-state index contributed by atoms with van der Waals surface area (Å²) in [6.45, 7) is 2.20. The topological polar surface area (TPSA) is 80.3 Å². The molecule has 0 amide bonds. The fourth-order valence-electron chi connectivity index (χ4n) is 6.66. The maximum atomic E-state index is 14.2. The first kappa shape index (κ1) is 42.8. The van der Waals surface area contributed by atoms with Crippen molar-refractivity contribution in [3.8, 4) is 33.8 Å². The number of carboxylic acids is 1. The number of benzene rings is 5. The number of aliphatic carboxylic acids is 1. The van der Waals surface area contributed by atoms with Gasteiger partial charge in [-0.2, -0.15) is 26.3 Å². The first-order chi connectivity index (χ1) is 27.1. The third kappa shape index (κ3) is 11.1. The Kier molecular flexibility index (Phi) is 14.0. The monoisotopic (exact) mass is 794 g/mol. The van der Waals surface area contributed by atoms with Gasteiger partial charge in [0.2, 0.25) is 0 Å². The van der Waals surface area contributed by atoms with Gasteiger partial charge in [0.25, 0.3) is 0 Å². The lowest BCUT2D eigenvalue weighted by Gasteiger charge is -2.26. The molecular formula is C44H44F6N2O5. The maximum Gasteiger partial charge on any atom is 0.416 e. The molecule has 0 saturated heterocycles. The SMILES string of the molecule is CCN(Cc1cc(C(F)(F)F)ccc1-c1cc(CC(=O)O)ccc1OC)Cc1cc(C(F)(F)F)ccc1-c1cc(CC(NC)OCc2ccccc2)ccc1OC. The van der Waals surface area contributed by atoms with Gasteiger partial charge >= 0.3 is 18.3 Å². The minimum Gasteiger partial charge on any atom is -0.496 e. The van der Waals surface area contributed by atoms with Gasteiger partial charge in [-0.1, -0.05) is 61.5 Å². The molecule has 0 aromatic heterocycles. The average molecular weight is 795 g/mol. The zero-order valence-corrected chi connectivity index (χ0v) is 31.9. The molecule has 0 bridgehead atoms. The molecule has 302 valence electrons. The van der Waals surface area contributed by atoms with Crippen molar-refractivity contribution in [2.45, 2.75) is 58.0 Å². The summed E-state index contributed by atoms with van der Waals surface area (Å²) in [5.74, 6) is -0.359. The van der Waals surface area contributed by atoms with Gasteiger partial charge in [-0.15, -0.1) is 0 Å². The molecule has 0 fully saturated rings. The summed E-state index contributed by atoms with van der Waals surface area (Å²) < 4.78 is 102. The lowest BCUT2D eigenvalue weighted by molar-refractivity contribution is -0.138. The molecule has 1 unspecified atom stereocenters. The van der Waals surface area contributed by atoms with Gasteiger partial charge in [0.15, 0.2) is 0 Å². The number of methoxy groups -OCH3 is 2. The fraction of sp³-hybridized carbons (Fsp3) is 0.295. The van der Waals surface area contributed by atoms with Crippen LogP contribution in [0.2, 0.25) is 0 Å². The van der Waals surface area contributed by atoms with Crippen molar-refractivity contribution in [3.05, 3.63) is 142 Å². The molecule has 0 aliphatic heterocycles. The summed E-state index contributed by atoms with van der Waals surface area (Å²) in [6.07, 6.45) is -9.65. The summed E-state index contributed by atoms with van der Waals surface area (Å²) in [4.78, 5) is 13.3. The summed E-state index contributed by atoms with van der Waals surface area (Å²) >= 11 is 0. The molecule has 5 aromatic rings. The van der Waals surface area contributed by atoms with Gasteiger partial charge in [0.05, 0.1) is 38.4 Å². The van der Waals surface area contributed by atoms with Crippen molar-refractivity contribution in [1.29, 1.82) is 0 Å². The summed E-state index contributed by atoms with van der Waals surface area (Å²) in [5, 5.41) is 12.6. The predicted octanol–water partition coefficient (Wildman–Crippen LogP) is 10.0. The van der Waals surface area contributed by atoms with Crippen LogP contribution in [0.15, 0.2) is 103 Å². The second kappa shape index (κ2) is 18.7. The van der Waals surface area contributed by atoms with E-state index in [1.165, 1.54) is 26.4 Å². The highest BCUT2D eigenvalue weighted by Gasteiger charge is 2.33. The van der Waals surface area contributed by atoms with Crippen molar-refractivity contribution in [2.24, 2.45) is 0 Å². The highest BCUT2D eigenvalue weighted by atomic mass is 19.4. The Labute approximate surface area is 327 Å². The molecule has 5 aromatic carbocycles. The van der Waals surface area contributed by atoms with E-state index in [9.17, 15) is 36.2 Å². The highest BCUT2D eigenvalue weighted by Crippen LogP contribution is 2.40. The van der Waals surface area contributed by atoms with Crippen LogP contribution in [-0.4, -0.2) is 50.0 Å². The number of rotatable bonds is 17. The van der Waals surface area contributed by atoms with Crippen LogP contribution in [0, 0.1) is 0 Å². The molecule has 1 atom stereocenters. The lowest BCUT2D eigenvalue weighted by Crippen LogP contribution is -2.30. The van der Waals surface area contributed by atoms with Gasteiger partial charge in [0, 0.05) is 30.6 Å². The Morgan fingerprint density at radius 3 is 1.65 bits per heavy atom. The van der Waals surface area contributed by atoms with E-state index < -0.39 is 29.4 Å². The fourth-order valence-corrected chi connectivity index (χ4v) is 6.66. The summed E-state index contributed by atoms with van der Waals surface area (Å²) in [7, 11) is 4.63. The molecule has 0 spiro atoms. The molecule has 0 saturated carbocycles. The second-order valence-electron chi connectivity index (χ2n) is 13.5. The minimum absolute atomic E-state index is 0.0751. The number of ether oxygens (including phenoxy) is 3. The quantitative estimate of drug-likeness (QED) is 0.0717. The average Bonchev–Trinajstić information content (AvgIpc) is 3.18. The van der Waals surface area contributed by atoms with E-state index in [4.69, 9.17) is 14.2 Å². The van der Waals surface area contributed by atoms with E-state index in [1.54, 1.807) is 43.1 Å². The maximum absolute atomic E-state index is 14.2. The van der Waals surface area contributed by atoms with E-state index in [0.29, 0.717) is 52.3 Å². The Morgan fingerprint density at radius 1 is 0.684 bits per heavy atom. The van der Waals surface area contributed by atoms with E-state index in [-0.39, 0.29) is 43.4 Å². The Hall–Kier alpha value is -5.37. The molecule has 7 nitrogen and oxygen atoms in total. The van der Waals surface area contributed by atoms with Crippen LogP contribution >= 0.6 is 0 Å². The number of hydrogen-bond donors (Lipinski definition) is 2. The predicted molar refractivity (Wildman–Crippen MR) is 206 cm³/mol. The van der Waals surface area contributed by atoms with Crippen molar-refractivity contribution >= 4 is 5.97 Å². The van der Waals surface area contributed by atoms with Crippen LogP contribution in [-0.2, 0) is 54.4 Å². The minimum atomic E-state index is -4.69. The van der Waals surface area contributed by atoms with Crippen LogP contribution in [0.3, 0.4) is 0 Å². The summed E-state index contributed by atoms with van der Waals surface area (Å²) in [6, 6.07) is 26.5. The Morgan fingerprint density at radius 2 is 1.19 bits per heavy atom. The number of alkyl halides is 6. The first-order valence-corrected chi connectivity index (χ1v) is 18.1. The van der Waals surface area contributed by atoms with E-state index >= 15 is 0 Å². The highest BCUT2D eigenvalue weighted by molar-refractivity contribution is 5.77. The smallest absolute Gasteiger partial charge is 0.416 e. The molecule has 5 rings (SSSR count). The molecular weight excluding hydrogens is 750 g/mol. The van der Waals surface area contributed by atoms with E-state index in [0.717, 1.165) is 35.4 Å². The molecule has 0 heterocycles. The van der Waals surface area contributed by atoms with Crippen LogP contribution in [0.5, 0.6) is 11.5 Å².